The topological polar surface area (TPSA) is 172 Å². The third-order valence-corrected chi connectivity index (χ3v) is 4.15. The molecule has 12 nitrogen and oxygen atoms in total. The molecule has 1 aliphatic rings. The van der Waals surface area contributed by atoms with E-state index in [9.17, 15) is 14.2 Å². The molecule has 0 amide bonds. The fourth-order valence-corrected chi connectivity index (χ4v) is 3.15. The Morgan fingerprint density at radius 1 is 1.46 bits per heavy atom. The summed E-state index contributed by atoms with van der Waals surface area (Å²) in [4.78, 5) is 20.9. The molecular weight excluding hydrogens is 364 g/mol. The monoisotopic (exact) mass is 376 g/mol. The van der Waals surface area contributed by atoms with Crippen LogP contribution in [0.5, 0.6) is 0 Å². The van der Waals surface area contributed by atoms with E-state index in [0.717, 1.165) is 0 Å². The molecule has 0 aromatic carbocycles. The van der Waals surface area contributed by atoms with E-state index in [0.29, 0.717) is 11.2 Å². The molecule has 5 atom stereocenters. The van der Waals surface area contributed by atoms with E-state index < -0.39 is 41.5 Å². The largest absolute Gasteiger partial charge is 0.695 e. The van der Waals surface area contributed by atoms with Crippen LogP contribution in [0.2, 0.25) is 0 Å². The summed E-state index contributed by atoms with van der Waals surface area (Å²) in [5, 5.41) is 10.4. The van der Waals surface area contributed by atoms with Crippen LogP contribution in [-0.2, 0) is 22.9 Å². The Morgan fingerprint density at radius 2 is 2.25 bits per heavy atom. The first-order chi connectivity index (χ1) is 11.5. The van der Waals surface area contributed by atoms with Crippen LogP contribution in [0.1, 0.15) is 6.23 Å². The molecule has 1 fully saturated rings. The molecule has 2 aromatic rings. The van der Waals surface area contributed by atoms with Gasteiger partial charge in [0.15, 0.2) is 23.8 Å². The van der Waals surface area contributed by atoms with Gasteiger partial charge in [-0.1, -0.05) is 0 Å². The van der Waals surface area contributed by atoms with Gasteiger partial charge in [-0.05, 0) is 0 Å². The molecule has 3 rings (SSSR count). The van der Waals surface area contributed by atoms with E-state index in [4.69, 9.17) is 24.4 Å². The van der Waals surface area contributed by atoms with Crippen molar-refractivity contribution in [3.05, 3.63) is 12.7 Å². The number of aliphatic hydroxyl groups excluding tert-OH is 1. The van der Waals surface area contributed by atoms with Crippen molar-refractivity contribution in [3.8, 4) is 0 Å². The van der Waals surface area contributed by atoms with E-state index in [1.807, 2.05) is 0 Å². The summed E-state index contributed by atoms with van der Waals surface area (Å²) in [5.74, 6) is 0.155. The van der Waals surface area contributed by atoms with Crippen LogP contribution in [0.25, 0.3) is 11.2 Å². The lowest BCUT2D eigenvalue weighted by Gasteiger charge is -2.16. The Labute approximate surface area is 136 Å². The Kier molecular flexibility index (Phi) is 5.07. The van der Waals surface area contributed by atoms with Crippen LogP contribution in [0.15, 0.2) is 12.7 Å². The molecule has 14 heteroatoms. The van der Waals surface area contributed by atoms with Crippen molar-refractivity contribution in [2.45, 2.75) is 24.5 Å². The third-order valence-electron chi connectivity index (χ3n) is 3.47. The molecule has 0 radical (unpaired) electrons. The fourth-order valence-electron chi connectivity index (χ4n) is 2.48. The SMILES string of the molecule is Nc1ncnc2c1ncn2[C@@H]1O[C@H](COP=O)C(O[P+](=O)O)[C@@H]1O. The average molecular weight is 376 g/mol. The van der Waals surface area contributed by atoms with Gasteiger partial charge in [0.2, 0.25) is 0 Å². The molecule has 0 aliphatic carbocycles. The summed E-state index contributed by atoms with van der Waals surface area (Å²) in [6.07, 6.45) is -1.90. The van der Waals surface area contributed by atoms with Crippen LogP contribution in [0.4, 0.5) is 5.82 Å². The third kappa shape index (κ3) is 3.13. The second kappa shape index (κ2) is 7.08. The van der Waals surface area contributed by atoms with Crippen molar-refractivity contribution in [1.29, 1.82) is 0 Å². The van der Waals surface area contributed by atoms with Crippen molar-refractivity contribution in [3.63, 3.8) is 0 Å². The predicted molar refractivity (Wildman–Crippen MR) is 77.9 cm³/mol. The van der Waals surface area contributed by atoms with Gasteiger partial charge >= 0.3 is 16.9 Å². The number of hydrogen-bond acceptors (Lipinski definition) is 10. The molecule has 2 aromatic heterocycles. The molecule has 1 aliphatic heterocycles. The zero-order chi connectivity index (χ0) is 17.3. The molecule has 3 heterocycles. The van der Waals surface area contributed by atoms with E-state index in [2.05, 4.69) is 15.0 Å². The molecule has 1 saturated heterocycles. The Bertz CT molecular complexity index is 773. The van der Waals surface area contributed by atoms with Crippen LogP contribution in [-0.4, -0.2) is 54.4 Å². The maximum Gasteiger partial charge on any atom is 0.695 e. The second-order valence-corrected chi connectivity index (χ2v) is 5.91. The van der Waals surface area contributed by atoms with Crippen molar-refractivity contribution >= 4 is 33.9 Å². The lowest BCUT2D eigenvalue weighted by molar-refractivity contribution is -0.0457. The summed E-state index contributed by atoms with van der Waals surface area (Å²) in [7, 11) is -3.59. The van der Waals surface area contributed by atoms with Gasteiger partial charge < -0.3 is 15.6 Å². The summed E-state index contributed by atoms with van der Waals surface area (Å²) in [6.45, 7) is -0.226. The zero-order valence-electron chi connectivity index (χ0n) is 11.9. The van der Waals surface area contributed by atoms with Crippen LogP contribution >= 0.6 is 16.9 Å². The minimum Gasteiger partial charge on any atom is -0.385 e. The number of nitrogen functional groups attached to an aromatic ring is 1. The number of anilines is 1. The molecule has 24 heavy (non-hydrogen) atoms. The highest BCUT2D eigenvalue weighted by Crippen LogP contribution is 2.37. The number of rotatable bonds is 6. The van der Waals surface area contributed by atoms with Crippen LogP contribution in [0.3, 0.4) is 0 Å². The van der Waals surface area contributed by atoms with E-state index >= 15 is 0 Å². The quantitative estimate of drug-likeness (QED) is 0.576. The van der Waals surface area contributed by atoms with Gasteiger partial charge in [0.25, 0.3) is 0 Å². The van der Waals surface area contributed by atoms with E-state index in [-0.39, 0.29) is 12.4 Å². The predicted octanol–water partition coefficient (Wildman–Crippen LogP) is -0.0750. The summed E-state index contributed by atoms with van der Waals surface area (Å²) in [6, 6.07) is 0. The number of imidazole rings is 1. The number of fused-ring (bicyclic) bond motifs is 1. The number of hydrogen-bond donors (Lipinski definition) is 3. The molecule has 0 spiro atoms. The summed E-state index contributed by atoms with van der Waals surface area (Å²) in [5.41, 5.74) is 6.33. The van der Waals surface area contributed by atoms with Crippen molar-refractivity contribution < 1.29 is 32.9 Å². The number of nitrogens with two attached hydrogens (primary N) is 1. The zero-order valence-corrected chi connectivity index (χ0v) is 13.7. The molecule has 0 bridgehead atoms. The van der Waals surface area contributed by atoms with Gasteiger partial charge in [0.1, 0.15) is 24.1 Å². The minimum atomic E-state index is -2.99. The molecule has 0 saturated carbocycles. The van der Waals surface area contributed by atoms with Crippen molar-refractivity contribution in [1.82, 2.24) is 19.5 Å². The normalized spacial score (nSPS) is 27.8. The number of aromatic nitrogens is 4. The second-order valence-electron chi connectivity index (χ2n) is 4.82. The fraction of sp³-hybridized carbons (Fsp3) is 0.500. The van der Waals surface area contributed by atoms with Gasteiger partial charge in [0, 0.05) is 4.57 Å². The van der Waals surface area contributed by atoms with E-state index in [1.54, 1.807) is 0 Å². The van der Waals surface area contributed by atoms with Crippen molar-refractivity contribution in [2.24, 2.45) is 0 Å². The van der Waals surface area contributed by atoms with Gasteiger partial charge in [0.05, 0.1) is 12.9 Å². The first kappa shape index (κ1) is 17.2. The highest BCUT2D eigenvalue weighted by molar-refractivity contribution is 7.32. The molecule has 2 unspecified atom stereocenters. The number of ether oxygens (including phenoxy) is 1. The standard InChI is InChI=1S/C10H11N5O7P2/c11-8-5-9(13-2-12-8)15(3-14-5)10-6(16)7(22-24(18)19)4(21-10)1-20-23-17/h2-4,6-7,10,16H,1H2,(H2-,11,12,13,18,19)/p+1/t4-,6+,7?,10-/m1/s1. The smallest absolute Gasteiger partial charge is 0.385 e. The first-order valence-electron chi connectivity index (χ1n) is 6.57. The van der Waals surface area contributed by atoms with Crippen molar-refractivity contribution in [2.75, 3.05) is 12.3 Å². The summed E-state index contributed by atoms with van der Waals surface area (Å²) < 4.78 is 38.0. The maximum atomic E-state index is 11.0. The molecular formula is C10H12N5O7P2+. The highest BCUT2D eigenvalue weighted by Gasteiger charge is 2.50. The minimum absolute atomic E-state index is 0.155. The number of nitrogens with zero attached hydrogens (tertiary/aromatic N) is 4. The maximum absolute atomic E-state index is 11.0. The summed E-state index contributed by atoms with van der Waals surface area (Å²) >= 11 is 0. The Morgan fingerprint density at radius 3 is 2.96 bits per heavy atom. The van der Waals surface area contributed by atoms with Crippen LogP contribution in [0, 0.1) is 0 Å². The molecule has 4 N–H and O–H groups in total. The lowest BCUT2D eigenvalue weighted by Crippen LogP contribution is -2.34. The first-order valence-corrected chi connectivity index (χ1v) is 8.43. The lowest BCUT2D eigenvalue weighted by atomic mass is 10.1. The average Bonchev–Trinajstić information content (AvgIpc) is 3.09. The van der Waals surface area contributed by atoms with Crippen LogP contribution < -0.4 is 5.73 Å². The van der Waals surface area contributed by atoms with Gasteiger partial charge in [-0.15, -0.1) is 9.42 Å². The highest BCUT2D eigenvalue weighted by atomic mass is 31.1. The van der Waals surface area contributed by atoms with Gasteiger partial charge in [-0.25, -0.2) is 19.5 Å². The van der Waals surface area contributed by atoms with Gasteiger partial charge in [-0.3, -0.25) is 9.09 Å². The Hall–Kier alpha value is -1.65. The van der Waals surface area contributed by atoms with E-state index in [1.165, 1.54) is 17.2 Å². The molecule has 128 valence electrons. The number of aliphatic hydroxyl groups is 1. The van der Waals surface area contributed by atoms with Gasteiger partial charge in [-0.2, -0.15) is 0 Å². The Balaban J connectivity index is 1.93.